The van der Waals surface area contributed by atoms with Crippen LogP contribution in [-0.4, -0.2) is 5.71 Å². The Kier molecular flexibility index (Phi) is 4.68. The molecule has 1 heterocycles. The van der Waals surface area contributed by atoms with Crippen LogP contribution in [0.3, 0.4) is 0 Å². The first-order valence-electron chi connectivity index (χ1n) is 6.78. The molecule has 2 aromatic rings. The number of hydrogen-bond acceptors (Lipinski definition) is 1. The van der Waals surface area contributed by atoms with Gasteiger partial charge in [0.2, 0.25) is 0 Å². The van der Waals surface area contributed by atoms with Crippen LogP contribution in [0.5, 0.6) is 0 Å². The molecule has 1 aliphatic rings. The van der Waals surface area contributed by atoms with Gasteiger partial charge in [-0.15, -0.1) is 0 Å². The van der Waals surface area contributed by atoms with E-state index in [-0.39, 0.29) is 0 Å². The zero-order chi connectivity index (χ0) is 15.5. The third-order valence-corrected chi connectivity index (χ3v) is 4.11. The van der Waals surface area contributed by atoms with Crippen LogP contribution in [0.1, 0.15) is 17.5 Å². The van der Waals surface area contributed by atoms with Crippen LogP contribution in [-0.2, 0) is 0 Å². The van der Waals surface area contributed by atoms with Crippen molar-refractivity contribution in [1.29, 1.82) is 0 Å². The molecule has 4 heteroatoms. The summed E-state index contributed by atoms with van der Waals surface area (Å²) in [5.41, 5.74) is 3.87. The normalized spacial score (nSPS) is 14.3. The summed E-state index contributed by atoms with van der Waals surface area (Å²) in [6, 6.07) is 13.1. The van der Waals surface area contributed by atoms with E-state index in [9.17, 15) is 0 Å². The highest BCUT2D eigenvalue weighted by Gasteiger charge is 2.11. The number of hydrogen-bond donors (Lipinski definition) is 0. The van der Waals surface area contributed by atoms with Gasteiger partial charge in [-0.1, -0.05) is 59.1 Å². The number of allylic oxidation sites excluding steroid dienone is 2. The van der Waals surface area contributed by atoms with Crippen molar-refractivity contribution in [2.24, 2.45) is 4.99 Å². The van der Waals surface area contributed by atoms with Crippen LogP contribution in [0.15, 0.2) is 59.6 Å². The second kappa shape index (κ2) is 6.70. The minimum absolute atomic E-state index is 0.616. The summed E-state index contributed by atoms with van der Waals surface area (Å²) < 4.78 is 0. The van der Waals surface area contributed by atoms with Crippen LogP contribution < -0.4 is 0 Å². The lowest BCUT2D eigenvalue weighted by atomic mass is 10.1. The fraction of sp³-hybridized carbons (Fsp3) is 0.0556. The van der Waals surface area contributed by atoms with Crippen molar-refractivity contribution in [2.45, 2.75) is 6.42 Å². The van der Waals surface area contributed by atoms with Gasteiger partial charge in [0, 0.05) is 27.7 Å². The number of nitrogens with zero attached hydrogens (tertiary/aromatic N) is 1. The molecule has 0 bridgehead atoms. The van der Waals surface area contributed by atoms with Crippen molar-refractivity contribution in [1.82, 2.24) is 0 Å². The molecule has 2 aromatic carbocycles. The average molecular weight is 349 g/mol. The zero-order valence-electron chi connectivity index (χ0n) is 11.6. The molecule has 22 heavy (non-hydrogen) atoms. The monoisotopic (exact) mass is 347 g/mol. The average Bonchev–Trinajstić information content (AvgIpc) is 2.95. The molecule has 0 saturated carbocycles. The third-order valence-electron chi connectivity index (χ3n) is 3.31. The minimum Gasteiger partial charge on any atom is -0.253 e. The van der Waals surface area contributed by atoms with Gasteiger partial charge in [0.1, 0.15) is 0 Å². The Bertz CT molecular complexity index is 786. The molecule has 0 saturated heterocycles. The van der Waals surface area contributed by atoms with E-state index in [0.717, 1.165) is 34.0 Å². The molecule has 0 spiro atoms. The molecule has 110 valence electrons. The molecule has 0 aliphatic carbocycles. The maximum atomic E-state index is 6.22. The van der Waals surface area contributed by atoms with E-state index in [0.29, 0.717) is 10.0 Å². The Morgan fingerprint density at radius 3 is 2.32 bits per heavy atom. The number of rotatable bonds is 3. The topological polar surface area (TPSA) is 12.4 Å². The summed E-state index contributed by atoms with van der Waals surface area (Å²) in [5.74, 6) is 0. The van der Waals surface area contributed by atoms with E-state index in [1.165, 1.54) is 0 Å². The van der Waals surface area contributed by atoms with Gasteiger partial charge in [-0.05, 0) is 42.0 Å². The quantitative estimate of drug-likeness (QED) is 0.596. The predicted molar refractivity (Wildman–Crippen MR) is 97.0 cm³/mol. The van der Waals surface area contributed by atoms with Gasteiger partial charge < -0.3 is 0 Å². The van der Waals surface area contributed by atoms with Gasteiger partial charge >= 0.3 is 0 Å². The highest BCUT2D eigenvalue weighted by atomic mass is 35.5. The summed E-state index contributed by atoms with van der Waals surface area (Å²) in [6.07, 6.45) is 6.89. The Balaban J connectivity index is 1.77. The zero-order valence-corrected chi connectivity index (χ0v) is 13.8. The predicted octanol–water partition coefficient (Wildman–Crippen LogP) is 6.55. The lowest BCUT2D eigenvalue weighted by molar-refractivity contribution is 1.53. The molecular weight excluding hydrogens is 337 g/mol. The molecular formula is C18H12Cl3N. The number of aliphatic imine (C=N–C) groups is 1. The first-order valence-corrected chi connectivity index (χ1v) is 7.92. The third kappa shape index (κ3) is 3.61. The summed E-state index contributed by atoms with van der Waals surface area (Å²) in [4.78, 5) is 4.62. The molecule has 0 amide bonds. The largest absolute Gasteiger partial charge is 0.253 e. The van der Waals surface area contributed by atoms with Crippen LogP contribution in [0.2, 0.25) is 15.1 Å². The number of benzene rings is 2. The van der Waals surface area contributed by atoms with Gasteiger partial charge in [-0.25, -0.2) is 0 Å². The van der Waals surface area contributed by atoms with E-state index in [4.69, 9.17) is 34.8 Å². The van der Waals surface area contributed by atoms with E-state index in [1.807, 2.05) is 48.6 Å². The fourth-order valence-electron chi connectivity index (χ4n) is 2.19. The summed E-state index contributed by atoms with van der Waals surface area (Å²) >= 11 is 18.0. The van der Waals surface area contributed by atoms with Crippen LogP contribution in [0, 0.1) is 0 Å². The minimum atomic E-state index is 0.616. The molecule has 0 aromatic heterocycles. The summed E-state index contributed by atoms with van der Waals surface area (Å²) in [5, 5.41) is 1.97. The maximum absolute atomic E-state index is 6.22. The lowest BCUT2D eigenvalue weighted by Crippen LogP contribution is -1.86. The van der Waals surface area contributed by atoms with Crippen LogP contribution in [0.25, 0.3) is 11.8 Å². The number of halogens is 3. The maximum Gasteiger partial charge on any atom is 0.0684 e. The Hall–Kier alpha value is -1.54. The molecule has 0 atom stereocenters. The smallest absolute Gasteiger partial charge is 0.0684 e. The highest BCUT2D eigenvalue weighted by molar-refractivity contribution is 6.35. The molecule has 0 unspecified atom stereocenters. The Morgan fingerprint density at radius 2 is 1.59 bits per heavy atom. The van der Waals surface area contributed by atoms with Crippen molar-refractivity contribution < 1.29 is 0 Å². The summed E-state index contributed by atoms with van der Waals surface area (Å²) in [7, 11) is 0. The molecule has 0 radical (unpaired) electrons. The first-order chi connectivity index (χ1) is 10.6. The van der Waals surface area contributed by atoms with Gasteiger partial charge in [-0.2, -0.15) is 0 Å². The fourth-order valence-corrected chi connectivity index (χ4v) is 2.82. The van der Waals surface area contributed by atoms with E-state index in [2.05, 4.69) is 11.1 Å². The molecule has 3 rings (SSSR count). The van der Waals surface area contributed by atoms with Crippen molar-refractivity contribution in [3.8, 4) is 0 Å². The SMILES string of the molecule is Clc1ccc(/C=C/C2=NC(c3ccc(Cl)cc3Cl)=CC2)cc1. The van der Waals surface area contributed by atoms with Gasteiger partial charge in [0.05, 0.1) is 10.7 Å². The molecule has 1 aliphatic heterocycles. The van der Waals surface area contributed by atoms with Crippen molar-refractivity contribution in [2.75, 3.05) is 0 Å². The van der Waals surface area contributed by atoms with Crippen LogP contribution >= 0.6 is 34.8 Å². The Morgan fingerprint density at radius 1 is 0.864 bits per heavy atom. The molecule has 0 fully saturated rings. The van der Waals surface area contributed by atoms with Crippen molar-refractivity contribution in [3.63, 3.8) is 0 Å². The van der Waals surface area contributed by atoms with Crippen LogP contribution in [0.4, 0.5) is 0 Å². The van der Waals surface area contributed by atoms with Gasteiger partial charge in [0.25, 0.3) is 0 Å². The van der Waals surface area contributed by atoms with Gasteiger partial charge in [0.15, 0.2) is 0 Å². The second-order valence-electron chi connectivity index (χ2n) is 4.91. The molecule has 0 N–H and O–H groups in total. The van der Waals surface area contributed by atoms with Crippen molar-refractivity contribution in [3.05, 3.63) is 80.8 Å². The highest BCUT2D eigenvalue weighted by Crippen LogP contribution is 2.30. The van der Waals surface area contributed by atoms with Gasteiger partial charge in [-0.3, -0.25) is 4.99 Å². The van der Waals surface area contributed by atoms with Crippen molar-refractivity contribution >= 4 is 52.3 Å². The lowest BCUT2D eigenvalue weighted by Gasteiger charge is -2.02. The first kappa shape index (κ1) is 15.4. The molecule has 1 nitrogen and oxygen atoms in total. The van der Waals surface area contributed by atoms with E-state index in [1.54, 1.807) is 6.07 Å². The Labute approximate surface area is 144 Å². The van der Waals surface area contributed by atoms with E-state index >= 15 is 0 Å². The summed E-state index contributed by atoms with van der Waals surface area (Å²) in [6.45, 7) is 0. The standard InChI is InChI=1S/C18H12Cl3N/c19-13-4-1-12(2-5-13)3-7-15-8-10-18(22-15)16-9-6-14(20)11-17(16)21/h1-7,9-11H,8H2/b7-3+. The second-order valence-corrected chi connectivity index (χ2v) is 6.19. The van der Waals surface area contributed by atoms with E-state index < -0.39 is 0 Å².